The Morgan fingerprint density at radius 3 is 2.13 bits per heavy atom. The summed E-state index contributed by atoms with van der Waals surface area (Å²) in [7, 11) is 0. The third-order valence-electron chi connectivity index (χ3n) is 1.91. The molecule has 0 atom stereocenters. The summed E-state index contributed by atoms with van der Waals surface area (Å²) in [6.07, 6.45) is 0.768. The highest BCUT2D eigenvalue weighted by molar-refractivity contribution is 6.28. The van der Waals surface area contributed by atoms with Crippen LogP contribution in [0.3, 0.4) is 0 Å². The molecule has 0 unspecified atom stereocenters. The molecule has 0 aromatic heterocycles. The van der Waals surface area contributed by atoms with Crippen LogP contribution >= 0.6 is 0 Å². The van der Waals surface area contributed by atoms with Gasteiger partial charge in [-0.05, 0) is 12.1 Å². The number of halogens is 2. The van der Waals surface area contributed by atoms with Crippen LogP contribution in [0.2, 0.25) is 0 Å². The van der Waals surface area contributed by atoms with Crippen LogP contribution in [0.4, 0.5) is 8.78 Å². The van der Waals surface area contributed by atoms with Gasteiger partial charge < -0.3 is 4.74 Å². The zero-order valence-corrected chi connectivity index (χ0v) is 7.29. The fraction of sp³-hybridized carbons (Fsp3) is 0. The van der Waals surface area contributed by atoms with Gasteiger partial charge in [-0.2, -0.15) is 0 Å². The Labute approximate surface area is 83.0 Å². The molecule has 1 aliphatic rings. The first kappa shape index (κ1) is 9.51. The van der Waals surface area contributed by atoms with Crippen LogP contribution in [0.5, 0.6) is 0 Å². The minimum absolute atomic E-state index is 0.393. The largest absolute Gasteiger partial charge is 0.386 e. The standard InChI is InChI=1S/C10H4F2O3/c11-6-2-1-3-7(12)9(6)5-4-8(13)15-10(5)14/h1-4H. The smallest absolute Gasteiger partial charge is 0.347 e. The summed E-state index contributed by atoms with van der Waals surface area (Å²) < 4.78 is 30.5. The molecule has 0 saturated carbocycles. The van der Waals surface area contributed by atoms with Gasteiger partial charge in [0, 0.05) is 6.08 Å². The molecule has 0 aliphatic carbocycles. The molecule has 0 fully saturated rings. The first-order valence-corrected chi connectivity index (χ1v) is 4.02. The van der Waals surface area contributed by atoms with Crippen LogP contribution in [0.25, 0.3) is 5.57 Å². The Kier molecular flexibility index (Phi) is 2.07. The van der Waals surface area contributed by atoms with E-state index in [1.807, 2.05) is 0 Å². The summed E-state index contributed by atoms with van der Waals surface area (Å²) >= 11 is 0. The zero-order valence-electron chi connectivity index (χ0n) is 7.29. The predicted octanol–water partition coefficient (Wildman–Crippen LogP) is 1.43. The maximum Gasteiger partial charge on any atom is 0.347 e. The van der Waals surface area contributed by atoms with Crippen molar-refractivity contribution < 1.29 is 23.1 Å². The minimum atomic E-state index is -1.04. The molecule has 0 radical (unpaired) electrons. The predicted molar refractivity (Wildman–Crippen MR) is 45.4 cm³/mol. The van der Waals surface area contributed by atoms with Crippen LogP contribution < -0.4 is 0 Å². The lowest BCUT2D eigenvalue weighted by Gasteiger charge is -2.02. The van der Waals surface area contributed by atoms with E-state index in [0.717, 1.165) is 24.3 Å². The molecule has 3 nitrogen and oxygen atoms in total. The van der Waals surface area contributed by atoms with Crippen molar-refractivity contribution in [1.82, 2.24) is 0 Å². The van der Waals surface area contributed by atoms with Gasteiger partial charge in [-0.25, -0.2) is 18.4 Å². The van der Waals surface area contributed by atoms with Gasteiger partial charge in [0.2, 0.25) is 0 Å². The van der Waals surface area contributed by atoms with Crippen molar-refractivity contribution >= 4 is 17.5 Å². The number of hydrogen-bond donors (Lipinski definition) is 0. The number of hydrogen-bond acceptors (Lipinski definition) is 3. The lowest BCUT2D eigenvalue weighted by molar-refractivity contribution is -0.149. The van der Waals surface area contributed by atoms with Gasteiger partial charge in [0.25, 0.3) is 0 Å². The molecular weight excluding hydrogens is 206 g/mol. The van der Waals surface area contributed by atoms with Crippen LogP contribution in [-0.2, 0) is 14.3 Å². The lowest BCUT2D eigenvalue weighted by atomic mass is 10.1. The number of benzene rings is 1. The zero-order chi connectivity index (χ0) is 11.0. The quantitative estimate of drug-likeness (QED) is 0.520. The number of carbonyl (C=O) groups is 2. The average Bonchev–Trinajstić information content (AvgIpc) is 2.45. The van der Waals surface area contributed by atoms with E-state index in [4.69, 9.17) is 0 Å². The molecule has 5 heteroatoms. The topological polar surface area (TPSA) is 43.4 Å². The summed E-state index contributed by atoms with van der Waals surface area (Å²) in [6.45, 7) is 0. The monoisotopic (exact) mass is 210 g/mol. The molecular formula is C10H4F2O3. The number of cyclic esters (lactones) is 2. The molecule has 15 heavy (non-hydrogen) atoms. The van der Waals surface area contributed by atoms with Crippen molar-refractivity contribution in [3.8, 4) is 0 Å². The van der Waals surface area contributed by atoms with Gasteiger partial charge in [-0.1, -0.05) is 6.07 Å². The Morgan fingerprint density at radius 2 is 1.67 bits per heavy atom. The summed E-state index contributed by atoms with van der Waals surface area (Å²) in [6, 6.07) is 3.15. The minimum Gasteiger partial charge on any atom is -0.386 e. The molecule has 1 aromatic rings. The highest BCUT2D eigenvalue weighted by Crippen LogP contribution is 2.26. The molecule has 0 bridgehead atoms. The van der Waals surface area contributed by atoms with Gasteiger partial charge in [-0.3, -0.25) is 0 Å². The number of rotatable bonds is 1. The second-order valence-corrected chi connectivity index (χ2v) is 2.86. The molecule has 1 heterocycles. The lowest BCUT2D eigenvalue weighted by Crippen LogP contribution is -2.04. The van der Waals surface area contributed by atoms with Crippen molar-refractivity contribution in [3.05, 3.63) is 41.5 Å². The van der Waals surface area contributed by atoms with Gasteiger partial charge >= 0.3 is 11.9 Å². The third kappa shape index (κ3) is 1.52. The Morgan fingerprint density at radius 1 is 1.07 bits per heavy atom. The van der Waals surface area contributed by atoms with Gasteiger partial charge in [-0.15, -0.1) is 0 Å². The van der Waals surface area contributed by atoms with Crippen LogP contribution in [0.15, 0.2) is 24.3 Å². The first-order valence-electron chi connectivity index (χ1n) is 4.02. The van der Waals surface area contributed by atoms with Crippen LogP contribution in [0.1, 0.15) is 5.56 Å². The summed E-state index contributed by atoms with van der Waals surface area (Å²) in [5.41, 5.74) is -0.927. The van der Waals surface area contributed by atoms with Crippen molar-refractivity contribution in [2.75, 3.05) is 0 Å². The van der Waals surface area contributed by atoms with E-state index in [0.29, 0.717) is 0 Å². The molecule has 1 aliphatic heterocycles. The number of ether oxygens (including phenoxy) is 1. The van der Waals surface area contributed by atoms with Crippen LogP contribution in [-0.4, -0.2) is 11.9 Å². The van der Waals surface area contributed by atoms with Crippen molar-refractivity contribution in [3.63, 3.8) is 0 Å². The highest BCUT2D eigenvalue weighted by atomic mass is 19.1. The second-order valence-electron chi connectivity index (χ2n) is 2.86. The van der Waals surface area contributed by atoms with E-state index < -0.39 is 34.7 Å². The Hall–Kier alpha value is -2.04. The van der Waals surface area contributed by atoms with E-state index in [1.54, 1.807) is 0 Å². The van der Waals surface area contributed by atoms with Crippen molar-refractivity contribution in [2.45, 2.75) is 0 Å². The summed E-state index contributed by atoms with van der Waals surface area (Å²) in [5.74, 6) is -3.78. The average molecular weight is 210 g/mol. The Bertz CT molecular complexity index is 471. The summed E-state index contributed by atoms with van der Waals surface area (Å²) in [4.78, 5) is 21.7. The third-order valence-corrected chi connectivity index (χ3v) is 1.91. The molecule has 0 spiro atoms. The van der Waals surface area contributed by atoms with E-state index in [-0.39, 0.29) is 0 Å². The van der Waals surface area contributed by atoms with E-state index in [1.165, 1.54) is 0 Å². The van der Waals surface area contributed by atoms with E-state index in [9.17, 15) is 18.4 Å². The molecule has 76 valence electrons. The Balaban J connectivity index is 2.60. The van der Waals surface area contributed by atoms with Crippen molar-refractivity contribution in [1.29, 1.82) is 0 Å². The fourth-order valence-corrected chi connectivity index (χ4v) is 1.28. The van der Waals surface area contributed by atoms with Gasteiger partial charge in [0.15, 0.2) is 0 Å². The first-order chi connectivity index (χ1) is 7.09. The molecule has 1 aromatic carbocycles. The van der Waals surface area contributed by atoms with Crippen LogP contribution in [0, 0.1) is 11.6 Å². The summed E-state index contributed by atoms with van der Waals surface area (Å²) in [5, 5.41) is 0. The molecule has 0 N–H and O–H groups in total. The molecule has 2 rings (SSSR count). The maximum atomic E-state index is 13.2. The van der Waals surface area contributed by atoms with E-state index in [2.05, 4.69) is 4.74 Å². The highest BCUT2D eigenvalue weighted by Gasteiger charge is 2.29. The van der Waals surface area contributed by atoms with Gasteiger partial charge in [0.05, 0.1) is 11.1 Å². The SMILES string of the molecule is O=C1C=C(c2c(F)cccc2F)C(=O)O1. The maximum absolute atomic E-state index is 13.2. The van der Waals surface area contributed by atoms with Crippen molar-refractivity contribution in [2.24, 2.45) is 0 Å². The molecule has 0 amide bonds. The number of esters is 2. The van der Waals surface area contributed by atoms with Gasteiger partial charge in [0.1, 0.15) is 11.6 Å². The van der Waals surface area contributed by atoms with E-state index >= 15 is 0 Å². The fourth-order valence-electron chi connectivity index (χ4n) is 1.28. The molecule has 0 saturated heterocycles. The number of carbonyl (C=O) groups excluding carboxylic acids is 2. The normalized spacial score (nSPS) is 15.2. The second kappa shape index (κ2) is 3.27.